The van der Waals surface area contributed by atoms with Crippen LogP contribution in [0.5, 0.6) is 0 Å². The fraction of sp³-hybridized carbons (Fsp3) is 0.455. The summed E-state index contributed by atoms with van der Waals surface area (Å²) in [7, 11) is -3.58. The maximum atomic E-state index is 10.9. The topological polar surface area (TPSA) is 75.4 Å². The molecule has 2 rings (SSSR count). The highest BCUT2D eigenvalue weighted by Gasteiger charge is 2.24. The molecule has 0 radical (unpaired) electrons. The number of hydrogen-bond acceptors (Lipinski definition) is 3. The molecule has 17 heavy (non-hydrogen) atoms. The fourth-order valence-corrected chi connectivity index (χ4v) is 2.80. The van der Waals surface area contributed by atoms with Crippen molar-refractivity contribution in [2.45, 2.75) is 19.0 Å². The molecule has 3 N–H and O–H groups in total. The molecule has 1 atom stereocenters. The first-order chi connectivity index (χ1) is 8.03. The van der Waals surface area contributed by atoms with Crippen molar-refractivity contribution in [2.75, 3.05) is 13.1 Å². The van der Waals surface area contributed by atoms with Crippen molar-refractivity contribution < 1.29 is 8.42 Å². The molecule has 0 aliphatic carbocycles. The molecule has 1 aromatic carbocycles. The summed E-state index contributed by atoms with van der Waals surface area (Å²) in [4.78, 5) is 2.22. The van der Waals surface area contributed by atoms with Crippen molar-refractivity contribution in [1.82, 2.24) is 9.62 Å². The molecular formula is C11H17N3O2S. The molecule has 1 saturated heterocycles. The Morgan fingerprint density at radius 2 is 2.06 bits per heavy atom. The van der Waals surface area contributed by atoms with E-state index < -0.39 is 10.2 Å². The second-order valence-electron chi connectivity index (χ2n) is 4.37. The highest BCUT2D eigenvalue weighted by Crippen LogP contribution is 2.13. The molecule has 94 valence electrons. The van der Waals surface area contributed by atoms with Gasteiger partial charge in [0.25, 0.3) is 10.2 Å². The standard InChI is InChI=1S/C11H17N3O2S/c12-17(15,16)13-11-6-7-14(9-11)8-10-4-2-1-3-5-10/h1-5,11,13H,6-9H2,(H2,12,15,16). The number of hydrogen-bond donors (Lipinski definition) is 2. The smallest absolute Gasteiger partial charge is 0.274 e. The monoisotopic (exact) mass is 255 g/mol. The molecule has 6 heteroatoms. The number of nitrogens with two attached hydrogens (primary N) is 1. The number of nitrogens with one attached hydrogen (secondary N) is 1. The van der Waals surface area contributed by atoms with Gasteiger partial charge in [-0.05, 0) is 12.0 Å². The van der Waals surface area contributed by atoms with Crippen molar-refractivity contribution in [3.05, 3.63) is 35.9 Å². The van der Waals surface area contributed by atoms with Gasteiger partial charge >= 0.3 is 0 Å². The zero-order chi connectivity index (χ0) is 12.3. The van der Waals surface area contributed by atoms with Gasteiger partial charge in [0.1, 0.15) is 0 Å². The minimum Gasteiger partial charge on any atom is -0.297 e. The summed E-state index contributed by atoms with van der Waals surface area (Å²) in [6.07, 6.45) is 0.809. The Morgan fingerprint density at radius 3 is 2.71 bits per heavy atom. The van der Waals surface area contributed by atoms with E-state index in [0.29, 0.717) is 6.54 Å². The van der Waals surface area contributed by atoms with Crippen LogP contribution in [0.25, 0.3) is 0 Å². The van der Waals surface area contributed by atoms with Crippen LogP contribution in [0, 0.1) is 0 Å². The lowest BCUT2D eigenvalue weighted by molar-refractivity contribution is 0.324. The highest BCUT2D eigenvalue weighted by molar-refractivity contribution is 7.87. The third kappa shape index (κ3) is 4.08. The molecule has 1 fully saturated rings. The van der Waals surface area contributed by atoms with E-state index in [2.05, 4.69) is 21.8 Å². The molecule has 1 heterocycles. The van der Waals surface area contributed by atoms with Crippen molar-refractivity contribution >= 4 is 10.2 Å². The molecule has 0 spiro atoms. The van der Waals surface area contributed by atoms with E-state index in [9.17, 15) is 8.42 Å². The number of benzene rings is 1. The molecule has 1 unspecified atom stereocenters. The van der Waals surface area contributed by atoms with E-state index in [1.807, 2.05) is 18.2 Å². The summed E-state index contributed by atoms with van der Waals surface area (Å²) in [5.74, 6) is 0. The van der Waals surface area contributed by atoms with E-state index >= 15 is 0 Å². The van der Waals surface area contributed by atoms with Crippen LogP contribution in [0.15, 0.2) is 30.3 Å². The minimum absolute atomic E-state index is 0.0614. The first-order valence-electron chi connectivity index (χ1n) is 5.59. The van der Waals surface area contributed by atoms with Crippen molar-refractivity contribution in [1.29, 1.82) is 0 Å². The van der Waals surface area contributed by atoms with Crippen LogP contribution < -0.4 is 9.86 Å². The van der Waals surface area contributed by atoms with Gasteiger partial charge in [0, 0.05) is 25.7 Å². The Bertz CT molecular complexity index is 461. The third-order valence-corrected chi connectivity index (χ3v) is 3.51. The summed E-state index contributed by atoms with van der Waals surface area (Å²) in [5, 5.41) is 4.96. The van der Waals surface area contributed by atoms with E-state index in [4.69, 9.17) is 5.14 Å². The van der Waals surface area contributed by atoms with Crippen LogP contribution in [0.2, 0.25) is 0 Å². The van der Waals surface area contributed by atoms with Crippen LogP contribution >= 0.6 is 0 Å². The lowest BCUT2D eigenvalue weighted by atomic mass is 10.2. The number of nitrogens with zero attached hydrogens (tertiary/aromatic N) is 1. The third-order valence-electron chi connectivity index (χ3n) is 2.85. The zero-order valence-corrected chi connectivity index (χ0v) is 10.4. The Kier molecular flexibility index (Phi) is 3.78. The van der Waals surface area contributed by atoms with Crippen molar-refractivity contribution in [3.63, 3.8) is 0 Å². The predicted octanol–water partition coefficient (Wildman–Crippen LogP) is 0.0540. The van der Waals surface area contributed by atoms with Gasteiger partial charge in [-0.3, -0.25) is 4.90 Å². The van der Waals surface area contributed by atoms with Gasteiger partial charge in [0.2, 0.25) is 0 Å². The van der Waals surface area contributed by atoms with Gasteiger partial charge in [-0.25, -0.2) is 5.14 Å². The molecule has 0 amide bonds. The second-order valence-corrected chi connectivity index (χ2v) is 5.69. The summed E-state index contributed by atoms with van der Waals surface area (Å²) in [6.45, 7) is 2.46. The summed E-state index contributed by atoms with van der Waals surface area (Å²) >= 11 is 0. The Balaban J connectivity index is 1.86. The Hall–Kier alpha value is -0.950. The largest absolute Gasteiger partial charge is 0.297 e. The molecule has 0 aromatic heterocycles. The molecule has 0 bridgehead atoms. The lowest BCUT2D eigenvalue weighted by Gasteiger charge is -2.16. The SMILES string of the molecule is NS(=O)(=O)NC1CCN(Cc2ccccc2)C1. The molecular weight excluding hydrogens is 238 g/mol. The van der Waals surface area contributed by atoms with Gasteiger partial charge in [-0.1, -0.05) is 30.3 Å². The maximum Gasteiger partial charge on any atom is 0.274 e. The van der Waals surface area contributed by atoms with E-state index in [-0.39, 0.29) is 6.04 Å². The van der Waals surface area contributed by atoms with Crippen LogP contribution in [0.3, 0.4) is 0 Å². The molecule has 0 saturated carbocycles. The normalized spacial score (nSPS) is 21.8. The summed E-state index contributed by atoms with van der Waals surface area (Å²) < 4.78 is 24.2. The highest BCUT2D eigenvalue weighted by atomic mass is 32.2. The van der Waals surface area contributed by atoms with E-state index in [1.165, 1.54) is 5.56 Å². The quantitative estimate of drug-likeness (QED) is 0.798. The molecule has 1 aromatic rings. The van der Waals surface area contributed by atoms with E-state index in [0.717, 1.165) is 19.5 Å². The van der Waals surface area contributed by atoms with Crippen molar-refractivity contribution in [3.8, 4) is 0 Å². The van der Waals surface area contributed by atoms with Gasteiger partial charge < -0.3 is 0 Å². The van der Waals surface area contributed by atoms with Crippen LogP contribution in [0.1, 0.15) is 12.0 Å². The average Bonchev–Trinajstić information content (AvgIpc) is 2.64. The predicted molar refractivity (Wildman–Crippen MR) is 66.4 cm³/mol. The van der Waals surface area contributed by atoms with Crippen LogP contribution in [-0.2, 0) is 16.8 Å². The fourth-order valence-electron chi connectivity index (χ4n) is 2.15. The average molecular weight is 255 g/mol. The number of rotatable bonds is 4. The number of likely N-dealkylation sites (tertiary alicyclic amines) is 1. The van der Waals surface area contributed by atoms with Gasteiger partial charge in [0.15, 0.2) is 0 Å². The first kappa shape index (κ1) is 12.5. The second kappa shape index (κ2) is 5.14. The van der Waals surface area contributed by atoms with Crippen LogP contribution in [0.4, 0.5) is 0 Å². The van der Waals surface area contributed by atoms with Gasteiger partial charge in [-0.2, -0.15) is 13.1 Å². The van der Waals surface area contributed by atoms with Gasteiger partial charge in [-0.15, -0.1) is 0 Å². The minimum atomic E-state index is -3.58. The maximum absolute atomic E-state index is 10.9. The zero-order valence-electron chi connectivity index (χ0n) is 9.54. The lowest BCUT2D eigenvalue weighted by Crippen LogP contribution is -2.40. The van der Waals surface area contributed by atoms with Crippen LogP contribution in [-0.4, -0.2) is 32.4 Å². The van der Waals surface area contributed by atoms with Gasteiger partial charge in [0.05, 0.1) is 0 Å². The van der Waals surface area contributed by atoms with E-state index in [1.54, 1.807) is 0 Å². The molecule has 1 aliphatic heterocycles. The summed E-state index contributed by atoms with van der Waals surface area (Å²) in [5.41, 5.74) is 1.24. The Labute approximate surface area is 102 Å². The Morgan fingerprint density at radius 1 is 1.35 bits per heavy atom. The first-order valence-corrected chi connectivity index (χ1v) is 7.14. The molecule has 5 nitrogen and oxygen atoms in total. The van der Waals surface area contributed by atoms with Crippen molar-refractivity contribution in [2.24, 2.45) is 5.14 Å². The molecule has 1 aliphatic rings. The summed E-state index contributed by atoms with van der Waals surface area (Å²) in [6, 6.07) is 10.1.